The van der Waals surface area contributed by atoms with Gasteiger partial charge in [-0.05, 0) is 0 Å². The average Bonchev–Trinajstić information content (AvgIpc) is 1.76. The van der Waals surface area contributed by atoms with E-state index in [0.717, 1.165) is 0 Å². The molecule has 0 unspecified atom stereocenters. The summed E-state index contributed by atoms with van der Waals surface area (Å²) in [5.41, 5.74) is 0. The van der Waals surface area contributed by atoms with Crippen molar-refractivity contribution in [3.05, 3.63) is 0 Å². The van der Waals surface area contributed by atoms with Crippen LogP contribution in [-0.2, 0) is 0 Å². The van der Waals surface area contributed by atoms with Crippen LogP contribution in [0.4, 0.5) is 0 Å². The molecule has 0 aromatic rings. The monoisotopic (exact) mass is 131 g/mol. The van der Waals surface area contributed by atoms with Crippen molar-refractivity contribution >= 4 is 15.4 Å². The normalized spacial score (nSPS) is 24.0. The molecule has 1 radical (unpaired) electrons. The fraction of sp³-hybridized carbons (Fsp3) is 1.00. The molecule has 0 bridgehead atoms. The van der Waals surface area contributed by atoms with E-state index in [2.05, 4.69) is 0 Å². The van der Waals surface area contributed by atoms with Crippen LogP contribution in [0.2, 0.25) is 10.5 Å². The SMILES string of the molecule is C1C[CH2][GeH][CH2]1. The van der Waals surface area contributed by atoms with Gasteiger partial charge in [0.25, 0.3) is 0 Å². The van der Waals surface area contributed by atoms with Crippen LogP contribution in [0.5, 0.6) is 0 Å². The first-order valence-electron chi connectivity index (χ1n) is 2.32. The van der Waals surface area contributed by atoms with Crippen molar-refractivity contribution in [3.63, 3.8) is 0 Å². The number of hydrogen-bond acceptors (Lipinski definition) is 0. The van der Waals surface area contributed by atoms with E-state index in [1.807, 2.05) is 0 Å². The molecule has 1 fully saturated rings. The van der Waals surface area contributed by atoms with E-state index < -0.39 is 0 Å². The Hall–Kier alpha value is 0.543. The molecule has 0 aromatic carbocycles. The van der Waals surface area contributed by atoms with Gasteiger partial charge in [-0.1, -0.05) is 0 Å². The fourth-order valence-corrected chi connectivity index (χ4v) is 3.75. The molecular formula is C4H9Ge. The predicted octanol–water partition coefficient (Wildman–Crippen LogP) is 1.05. The van der Waals surface area contributed by atoms with E-state index >= 15 is 0 Å². The van der Waals surface area contributed by atoms with Crippen LogP contribution in [0.1, 0.15) is 12.8 Å². The van der Waals surface area contributed by atoms with Crippen molar-refractivity contribution in [1.82, 2.24) is 0 Å². The first-order valence-corrected chi connectivity index (χ1v) is 5.74. The molecule has 0 spiro atoms. The summed E-state index contributed by atoms with van der Waals surface area (Å²) < 4.78 is 0. The molecule has 1 aliphatic heterocycles. The van der Waals surface area contributed by atoms with Crippen molar-refractivity contribution in [2.75, 3.05) is 0 Å². The molecule has 0 amide bonds. The van der Waals surface area contributed by atoms with E-state index in [1.165, 1.54) is 0 Å². The third kappa shape index (κ3) is 0.956. The minimum absolute atomic E-state index is 0.424. The Morgan fingerprint density at radius 2 is 1.60 bits per heavy atom. The summed E-state index contributed by atoms with van der Waals surface area (Å²) in [6.45, 7) is 0. The zero-order chi connectivity index (χ0) is 3.54. The van der Waals surface area contributed by atoms with Gasteiger partial charge in [0.15, 0.2) is 0 Å². The Balaban J connectivity index is 2.08. The molecule has 0 N–H and O–H groups in total. The summed E-state index contributed by atoms with van der Waals surface area (Å²) in [4.78, 5) is 0. The minimum atomic E-state index is 0.424. The first-order chi connectivity index (χ1) is 2.50. The zero-order valence-corrected chi connectivity index (χ0v) is 5.83. The van der Waals surface area contributed by atoms with Gasteiger partial charge in [-0.3, -0.25) is 0 Å². The van der Waals surface area contributed by atoms with E-state index in [1.54, 1.807) is 23.3 Å². The van der Waals surface area contributed by atoms with Crippen LogP contribution in [0.15, 0.2) is 0 Å². The van der Waals surface area contributed by atoms with Gasteiger partial charge in [-0.2, -0.15) is 0 Å². The zero-order valence-electron chi connectivity index (χ0n) is 3.41. The van der Waals surface area contributed by atoms with Crippen LogP contribution in [0.25, 0.3) is 0 Å². The molecule has 0 saturated carbocycles. The maximum atomic E-state index is 1.66. The van der Waals surface area contributed by atoms with E-state index in [4.69, 9.17) is 0 Å². The van der Waals surface area contributed by atoms with Crippen molar-refractivity contribution in [3.8, 4) is 0 Å². The Labute approximate surface area is 39.4 Å². The average molecular weight is 130 g/mol. The number of hydrogen-bond donors (Lipinski definition) is 0. The fourth-order valence-electron chi connectivity index (χ4n) is 0.722. The van der Waals surface area contributed by atoms with Gasteiger partial charge < -0.3 is 0 Å². The molecular weight excluding hydrogens is 121 g/mol. The molecule has 0 aliphatic carbocycles. The Bertz CT molecular complexity index is 15.2. The molecule has 29 valence electrons. The summed E-state index contributed by atoms with van der Waals surface area (Å²) in [7, 11) is 0. The maximum absolute atomic E-state index is 1.66. The van der Waals surface area contributed by atoms with Gasteiger partial charge in [0.1, 0.15) is 0 Å². The summed E-state index contributed by atoms with van der Waals surface area (Å²) in [6, 6.07) is 0. The standard InChI is InChI=1S/C4H9Ge/c1-2-4-5-3-1/h5H,1-4H2. The Kier molecular flexibility index (Phi) is 1.38. The van der Waals surface area contributed by atoms with E-state index in [-0.39, 0.29) is 0 Å². The van der Waals surface area contributed by atoms with Crippen LogP contribution < -0.4 is 0 Å². The second-order valence-electron chi connectivity index (χ2n) is 1.57. The van der Waals surface area contributed by atoms with Crippen LogP contribution in [0, 0.1) is 0 Å². The predicted molar refractivity (Wildman–Crippen MR) is 26.0 cm³/mol. The Morgan fingerprint density at radius 1 is 1.00 bits per heavy atom. The topological polar surface area (TPSA) is 0 Å². The van der Waals surface area contributed by atoms with Gasteiger partial charge in [0, 0.05) is 0 Å². The molecule has 1 heterocycles. The van der Waals surface area contributed by atoms with Crippen LogP contribution >= 0.6 is 0 Å². The van der Waals surface area contributed by atoms with Crippen LogP contribution in [0.3, 0.4) is 0 Å². The van der Waals surface area contributed by atoms with E-state index in [0.29, 0.717) is 15.4 Å². The first kappa shape index (κ1) is 3.72. The molecule has 5 heavy (non-hydrogen) atoms. The molecule has 1 rings (SSSR count). The van der Waals surface area contributed by atoms with Gasteiger partial charge >= 0.3 is 38.8 Å². The van der Waals surface area contributed by atoms with Crippen LogP contribution in [-0.4, -0.2) is 15.4 Å². The molecule has 0 aromatic heterocycles. The van der Waals surface area contributed by atoms with Crippen molar-refractivity contribution < 1.29 is 0 Å². The second kappa shape index (κ2) is 1.86. The van der Waals surface area contributed by atoms with E-state index in [9.17, 15) is 0 Å². The summed E-state index contributed by atoms with van der Waals surface area (Å²) in [5.74, 6) is 0. The van der Waals surface area contributed by atoms with Gasteiger partial charge in [0.05, 0.1) is 0 Å². The van der Waals surface area contributed by atoms with Gasteiger partial charge in [-0.15, -0.1) is 0 Å². The van der Waals surface area contributed by atoms with Crippen molar-refractivity contribution in [2.45, 2.75) is 23.3 Å². The quantitative estimate of drug-likeness (QED) is 0.429. The van der Waals surface area contributed by atoms with Gasteiger partial charge in [0.2, 0.25) is 0 Å². The number of rotatable bonds is 0. The summed E-state index contributed by atoms with van der Waals surface area (Å²) in [6.07, 6.45) is 3.14. The van der Waals surface area contributed by atoms with Crippen molar-refractivity contribution in [2.24, 2.45) is 0 Å². The third-order valence-corrected chi connectivity index (χ3v) is 4.49. The van der Waals surface area contributed by atoms with Crippen molar-refractivity contribution in [1.29, 1.82) is 0 Å². The summed E-state index contributed by atoms with van der Waals surface area (Å²) in [5, 5.41) is 3.31. The molecule has 1 aliphatic rings. The Morgan fingerprint density at radius 3 is 1.80 bits per heavy atom. The third-order valence-electron chi connectivity index (χ3n) is 1.07. The van der Waals surface area contributed by atoms with Gasteiger partial charge in [-0.25, -0.2) is 0 Å². The summed E-state index contributed by atoms with van der Waals surface area (Å²) >= 11 is 0.424. The molecule has 1 heteroatoms. The molecule has 0 atom stereocenters. The molecule has 1 saturated heterocycles. The second-order valence-corrected chi connectivity index (χ2v) is 5.21. The molecule has 0 nitrogen and oxygen atoms in total.